The summed E-state index contributed by atoms with van der Waals surface area (Å²) in [5.74, 6) is 0.119. The molecule has 26 heavy (non-hydrogen) atoms. The van der Waals surface area contributed by atoms with E-state index in [9.17, 15) is 14.7 Å². The molecule has 0 radical (unpaired) electrons. The number of aryl methyl sites for hydroxylation is 1. The van der Waals surface area contributed by atoms with Crippen molar-refractivity contribution in [1.82, 2.24) is 9.55 Å². The first-order valence-electron chi connectivity index (χ1n) is 7.83. The van der Waals surface area contributed by atoms with Crippen LogP contribution in [0.5, 0.6) is 11.6 Å². The van der Waals surface area contributed by atoms with Crippen LogP contribution in [-0.4, -0.2) is 28.0 Å². The Labute approximate surface area is 148 Å². The number of aliphatic imine (C=N–C) groups is 1. The van der Waals surface area contributed by atoms with Crippen LogP contribution in [0, 0.1) is 6.92 Å². The molecule has 7 heteroatoms. The van der Waals surface area contributed by atoms with Gasteiger partial charge in [0, 0.05) is 6.21 Å². The van der Waals surface area contributed by atoms with E-state index in [0.29, 0.717) is 17.1 Å². The molecule has 0 saturated carbocycles. The number of nitrogens with zero attached hydrogens (tertiary/aromatic N) is 2. The second-order valence-electron chi connectivity index (χ2n) is 5.57. The Balaban J connectivity index is 2.11. The quantitative estimate of drug-likeness (QED) is 0.705. The molecule has 2 N–H and O–H groups in total. The van der Waals surface area contributed by atoms with Crippen LogP contribution in [0.15, 0.2) is 63.1 Å². The maximum atomic E-state index is 12.2. The first-order chi connectivity index (χ1) is 12.5. The minimum absolute atomic E-state index is 0.108. The fourth-order valence-electron chi connectivity index (χ4n) is 2.47. The largest absolute Gasteiger partial charge is 0.497 e. The molecule has 1 aromatic heterocycles. The van der Waals surface area contributed by atoms with Gasteiger partial charge in [0.1, 0.15) is 11.3 Å². The van der Waals surface area contributed by atoms with Gasteiger partial charge in [-0.2, -0.15) is 0 Å². The molecule has 0 saturated heterocycles. The van der Waals surface area contributed by atoms with Crippen LogP contribution < -0.4 is 16.0 Å². The van der Waals surface area contributed by atoms with Crippen molar-refractivity contribution in [2.24, 2.45) is 4.99 Å². The van der Waals surface area contributed by atoms with Crippen molar-refractivity contribution in [1.29, 1.82) is 0 Å². The zero-order chi connectivity index (χ0) is 18.7. The first-order valence-corrected chi connectivity index (χ1v) is 7.83. The van der Waals surface area contributed by atoms with E-state index in [1.807, 2.05) is 25.1 Å². The van der Waals surface area contributed by atoms with Crippen LogP contribution >= 0.6 is 0 Å². The van der Waals surface area contributed by atoms with Gasteiger partial charge in [0.15, 0.2) is 0 Å². The van der Waals surface area contributed by atoms with Crippen LogP contribution in [0.4, 0.5) is 5.69 Å². The Morgan fingerprint density at radius 2 is 1.81 bits per heavy atom. The van der Waals surface area contributed by atoms with Crippen molar-refractivity contribution in [3.63, 3.8) is 0 Å². The minimum atomic E-state index is -0.745. The van der Waals surface area contributed by atoms with Crippen LogP contribution in [-0.2, 0) is 0 Å². The Morgan fingerprint density at radius 3 is 2.46 bits per heavy atom. The molecule has 3 aromatic rings. The number of aromatic nitrogens is 2. The number of aromatic hydroxyl groups is 1. The second-order valence-corrected chi connectivity index (χ2v) is 5.57. The van der Waals surface area contributed by atoms with Gasteiger partial charge >= 0.3 is 5.69 Å². The van der Waals surface area contributed by atoms with Crippen LogP contribution in [0.3, 0.4) is 0 Å². The SMILES string of the molecule is COc1ccc(-n2c(O)c(C=Nc3ccccc3C)c(=O)[nH]c2=O)cc1. The zero-order valence-electron chi connectivity index (χ0n) is 14.3. The van der Waals surface area contributed by atoms with Crippen LogP contribution in [0.2, 0.25) is 0 Å². The highest BCUT2D eigenvalue weighted by molar-refractivity contribution is 5.84. The summed E-state index contributed by atoms with van der Waals surface area (Å²) in [7, 11) is 1.53. The predicted molar refractivity (Wildman–Crippen MR) is 99.3 cm³/mol. The standard InChI is InChI=1S/C19H17N3O4/c1-12-5-3-4-6-16(12)20-11-15-17(23)21-19(25)22(18(15)24)13-7-9-14(26-2)10-8-13/h3-11,24H,1-2H3,(H,21,23,25). The Morgan fingerprint density at radius 1 is 1.12 bits per heavy atom. The van der Waals surface area contributed by atoms with E-state index in [0.717, 1.165) is 10.1 Å². The van der Waals surface area contributed by atoms with Gasteiger partial charge in [0.2, 0.25) is 5.88 Å². The van der Waals surface area contributed by atoms with E-state index in [1.165, 1.54) is 13.3 Å². The zero-order valence-corrected chi connectivity index (χ0v) is 14.3. The first kappa shape index (κ1) is 17.2. The lowest BCUT2D eigenvalue weighted by atomic mass is 10.2. The van der Waals surface area contributed by atoms with Crippen molar-refractivity contribution < 1.29 is 9.84 Å². The maximum absolute atomic E-state index is 12.2. The highest BCUT2D eigenvalue weighted by Crippen LogP contribution is 2.20. The maximum Gasteiger partial charge on any atom is 0.335 e. The number of nitrogens with one attached hydrogen (secondary N) is 1. The molecule has 0 fully saturated rings. The summed E-state index contributed by atoms with van der Waals surface area (Å²) in [6.07, 6.45) is 1.25. The van der Waals surface area contributed by atoms with Gasteiger partial charge in [-0.15, -0.1) is 0 Å². The van der Waals surface area contributed by atoms with E-state index >= 15 is 0 Å². The number of para-hydroxylation sites is 1. The molecule has 0 aliphatic rings. The van der Waals surface area contributed by atoms with E-state index < -0.39 is 17.1 Å². The van der Waals surface area contributed by atoms with Gasteiger partial charge in [-0.05, 0) is 42.8 Å². The molecule has 0 unspecified atom stereocenters. The summed E-state index contributed by atoms with van der Waals surface area (Å²) >= 11 is 0. The number of benzene rings is 2. The van der Waals surface area contributed by atoms with Gasteiger partial charge in [-0.3, -0.25) is 14.8 Å². The fraction of sp³-hybridized carbons (Fsp3) is 0.105. The van der Waals surface area contributed by atoms with E-state index in [4.69, 9.17) is 4.74 Å². The molecule has 2 aromatic carbocycles. The average molecular weight is 351 g/mol. The third-order valence-corrected chi connectivity index (χ3v) is 3.90. The molecule has 132 valence electrons. The summed E-state index contributed by atoms with van der Waals surface area (Å²) in [6, 6.07) is 13.9. The fourth-order valence-corrected chi connectivity index (χ4v) is 2.47. The molecule has 0 bridgehead atoms. The number of ether oxygens (including phenoxy) is 1. The minimum Gasteiger partial charge on any atom is -0.497 e. The lowest BCUT2D eigenvalue weighted by Crippen LogP contribution is -2.31. The molecular weight excluding hydrogens is 334 g/mol. The molecule has 0 atom stereocenters. The lowest BCUT2D eigenvalue weighted by molar-refractivity contribution is 0.414. The summed E-state index contributed by atoms with van der Waals surface area (Å²) in [4.78, 5) is 30.7. The van der Waals surface area contributed by atoms with Gasteiger partial charge in [0.25, 0.3) is 5.56 Å². The topological polar surface area (TPSA) is 96.7 Å². The monoisotopic (exact) mass is 351 g/mol. The Hall–Kier alpha value is -3.61. The van der Waals surface area contributed by atoms with Crippen molar-refractivity contribution >= 4 is 11.9 Å². The Bertz CT molecular complexity index is 1080. The molecule has 7 nitrogen and oxygen atoms in total. The van der Waals surface area contributed by atoms with Crippen molar-refractivity contribution in [2.75, 3.05) is 7.11 Å². The van der Waals surface area contributed by atoms with E-state index in [2.05, 4.69) is 9.98 Å². The molecule has 0 amide bonds. The molecule has 1 heterocycles. The molecule has 0 spiro atoms. The van der Waals surface area contributed by atoms with Crippen LogP contribution in [0.25, 0.3) is 5.69 Å². The van der Waals surface area contributed by atoms with Gasteiger partial charge in [-0.25, -0.2) is 9.36 Å². The van der Waals surface area contributed by atoms with E-state index in [-0.39, 0.29) is 5.56 Å². The molecule has 3 rings (SSSR count). The molecule has 0 aliphatic heterocycles. The smallest absolute Gasteiger partial charge is 0.335 e. The average Bonchev–Trinajstić information content (AvgIpc) is 2.63. The molecular formula is C19H17N3O4. The normalized spacial score (nSPS) is 11.0. The second kappa shape index (κ2) is 7.10. The number of H-pyrrole nitrogens is 1. The number of methoxy groups -OCH3 is 1. The summed E-state index contributed by atoms with van der Waals surface area (Å²) < 4.78 is 6.08. The van der Waals surface area contributed by atoms with Crippen LogP contribution in [0.1, 0.15) is 11.1 Å². The predicted octanol–water partition coefficient (Wildman–Crippen LogP) is 2.30. The van der Waals surface area contributed by atoms with E-state index in [1.54, 1.807) is 30.3 Å². The van der Waals surface area contributed by atoms with Gasteiger partial charge in [-0.1, -0.05) is 18.2 Å². The number of hydrogen-bond donors (Lipinski definition) is 2. The highest BCUT2D eigenvalue weighted by Gasteiger charge is 2.14. The van der Waals surface area contributed by atoms with Gasteiger partial charge in [0.05, 0.1) is 18.5 Å². The van der Waals surface area contributed by atoms with Crippen molar-refractivity contribution in [3.05, 3.63) is 80.5 Å². The number of hydrogen-bond acceptors (Lipinski definition) is 5. The number of aromatic amines is 1. The van der Waals surface area contributed by atoms with Gasteiger partial charge < -0.3 is 9.84 Å². The third kappa shape index (κ3) is 3.27. The summed E-state index contributed by atoms with van der Waals surface area (Å²) in [6.45, 7) is 1.88. The highest BCUT2D eigenvalue weighted by atomic mass is 16.5. The Kier molecular flexibility index (Phi) is 4.70. The van der Waals surface area contributed by atoms with Crippen molar-refractivity contribution in [3.8, 4) is 17.3 Å². The third-order valence-electron chi connectivity index (χ3n) is 3.90. The van der Waals surface area contributed by atoms with Crippen molar-refractivity contribution in [2.45, 2.75) is 6.92 Å². The summed E-state index contributed by atoms with van der Waals surface area (Å²) in [5, 5.41) is 10.5. The number of rotatable bonds is 4. The lowest BCUT2D eigenvalue weighted by Gasteiger charge is -2.10. The summed E-state index contributed by atoms with van der Waals surface area (Å²) in [5.41, 5.74) is 0.399. The molecule has 0 aliphatic carbocycles.